The molecule has 0 amide bonds. The van der Waals surface area contributed by atoms with E-state index in [9.17, 15) is 4.79 Å². The Morgan fingerprint density at radius 3 is 2.94 bits per heavy atom. The van der Waals surface area contributed by atoms with Gasteiger partial charge in [0, 0.05) is 16.5 Å². The number of aliphatic imine (C=N–C) groups is 1. The summed E-state index contributed by atoms with van der Waals surface area (Å²) in [6.45, 7) is 0. The first-order valence-corrected chi connectivity index (χ1v) is 5.91. The molecule has 2 aromatic rings. The van der Waals surface area contributed by atoms with Crippen LogP contribution < -0.4 is 0 Å². The third-order valence-electron chi connectivity index (χ3n) is 2.57. The maximum absolute atomic E-state index is 11.5. The molecular formula is C13H9NOS. The maximum atomic E-state index is 11.5. The van der Waals surface area contributed by atoms with Gasteiger partial charge < -0.3 is 0 Å². The Kier molecular flexibility index (Phi) is 2.26. The number of benzene rings is 2. The van der Waals surface area contributed by atoms with Crippen LogP contribution in [0.2, 0.25) is 0 Å². The van der Waals surface area contributed by atoms with Crippen molar-refractivity contribution in [2.45, 2.75) is 11.3 Å². The van der Waals surface area contributed by atoms with E-state index in [0.717, 1.165) is 21.4 Å². The zero-order chi connectivity index (χ0) is 11.0. The van der Waals surface area contributed by atoms with Crippen molar-refractivity contribution in [3.63, 3.8) is 0 Å². The third kappa shape index (κ3) is 1.53. The van der Waals surface area contributed by atoms with E-state index in [1.807, 2.05) is 30.3 Å². The molecule has 1 aliphatic heterocycles. The number of hydrogen-bond acceptors (Lipinski definition) is 3. The minimum atomic E-state index is 0.151. The van der Waals surface area contributed by atoms with Crippen LogP contribution in [0.15, 0.2) is 46.3 Å². The van der Waals surface area contributed by atoms with Crippen LogP contribution in [0.4, 0.5) is 5.69 Å². The highest BCUT2D eigenvalue weighted by molar-refractivity contribution is 8.13. The van der Waals surface area contributed by atoms with Crippen molar-refractivity contribution in [2.75, 3.05) is 0 Å². The van der Waals surface area contributed by atoms with Gasteiger partial charge in [-0.2, -0.15) is 0 Å². The lowest BCUT2D eigenvalue weighted by atomic mass is 10.1. The number of nitrogens with zero attached hydrogens (tertiary/aromatic N) is 1. The molecule has 0 aromatic heterocycles. The molecule has 1 aliphatic rings. The SMILES string of the molecule is O=C1CC=Nc2c(ccc3ccccc23)S1. The van der Waals surface area contributed by atoms with E-state index in [1.54, 1.807) is 6.21 Å². The standard InChI is InChI=1S/C13H9NOS/c15-12-7-8-14-13-10-4-2-1-3-9(10)5-6-11(13)16-12/h1-6,8H,7H2. The van der Waals surface area contributed by atoms with Gasteiger partial charge in [-0.3, -0.25) is 9.79 Å². The number of hydrogen-bond donors (Lipinski definition) is 0. The first-order chi connectivity index (χ1) is 7.84. The minimum Gasteiger partial charge on any atom is -0.286 e. The second-order valence-corrected chi connectivity index (χ2v) is 4.72. The van der Waals surface area contributed by atoms with Gasteiger partial charge in [-0.15, -0.1) is 0 Å². The van der Waals surface area contributed by atoms with E-state index >= 15 is 0 Å². The van der Waals surface area contributed by atoms with Crippen molar-refractivity contribution in [1.29, 1.82) is 0 Å². The zero-order valence-electron chi connectivity index (χ0n) is 8.51. The summed E-state index contributed by atoms with van der Waals surface area (Å²) < 4.78 is 0. The molecule has 78 valence electrons. The zero-order valence-corrected chi connectivity index (χ0v) is 9.33. The van der Waals surface area contributed by atoms with Crippen LogP contribution in [0.5, 0.6) is 0 Å². The monoisotopic (exact) mass is 227 g/mol. The lowest BCUT2D eigenvalue weighted by Gasteiger charge is -2.05. The molecule has 3 heteroatoms. The Morgan fingerprint density at radius 2 is 2.00 bits per heavy atom. The summed E-state index contributed by atoms with van der Waals surface area (Å²) in [6.07, 6.45) is 2.11. The molecule has 0 atom stereocenters. The summed E-state index contributed by atoms with van der Waals surface area (Å²) in [5, 5.41) is 2.42. The molecule has 3 rings (SSSR count). The Bertz CT molecular complexity index is 604. The molecule has 0 fully saturated rings. The van der Waals surface area contributed by atoms with Crippen LogP contribution in [0.3, 0.4) is 0 Å². The lowest BCUT2D eigenvalue weighted by molar-refractivity contribution is -0.109. The fraction of sp³-hybridized carbons (Fsp3) is 0.0769. The molecule has 0 N–H and O–H groups in total. The molecule has 0 radical (unpaired) electrons. The summed E-state index contributed by atoms with van der Waals surface area (Å²) in [7, 11) is 0. The number of carbonyl (C=O) groups excluding carboxylic acids is 1. The first kappa shape index (κ1) is 9.60. The first-order valence-electron chi connectivity index (χ1n) is 5.09. The molecular weight excluding hydrogens is 218 g/mol. The Morgan fingerprint density at radius 1 is 1.12 bits per heavy atom. The summed E-state index contributed by atoms with van der Waals surface area (Å²) in [5.41, 5.74) is 0.925. The van der Waals surface area contributed by atoms with Crippen LogP contribution in [0.25, 0.3) is 10.8 Å². The van der Waals surface area contributed by atoms with E-state index in [2.05, 4.69) is 11.1 Å². The second kappa shape index (κ2) is 3.76. The van der Waals surface area contributed by atoms with Gasteiger partial charge in [0.05, 0.1) is 12.1 Å². The summed E-state index contributed by atoms with van der Waals surface area (Å²) in [4.78, 5) is 16.8. The molecule has 2 nitrogen and oxygen atoms in total. The molecule has 16 heavy (non-hydrogen) atoms. The smallest absolute Gasteiger partial charge is 0.199 e. The highest BCUT2D eigenvalue weighted by Gasteiger charge is 2.13. The van der Waals surface area contributed by atoms with Gasteiger partial charge in [-0.25, -0.2) is 0 Å². The van der Waals surface area contributed by atoms with E-state index in [4.69, 9.17) is 0 Å². The average Bonchev–Trinajstić information content (AvgIpc) is 2.50. The van der Waals surface area contributed by atoms with Gasteiger partial charge >= 0.3 is 0 Å². The minimum absolute atomic E-state index is 0.151. The van der Waals surface area contributed by atoms with Crippen LogP contribution >= 0.6 is 11.8 Å². The fourth-order valence-electron chi connectivity index (χ4n) is 1.83. The average molecular weight is 227 g/mol. The van der Waals surface area contributed by atoms with Crippen molar-refractivity contribution in [2.24, 2.45) is 4.99 Å². The van der Waals surface area contributed by atoms with Gasteiger partial charge in [-0.1, -0.05) is 30.3 Å². The fourth-order valence-corrected chi connectivity index (χ4v) is 2.62. The van der Waals surface area contributed by atoms with Crippen LogP contribution in [-0.2, 0) is 4.79 Å². The highest BCUT2D eigenvalue weighted by atomic mass is 32.2. The van der Waals surface area contributed by atoms with Gasteiger partial charge in [0.1, 0.15) is 0 Å². The molecule has 0 saturated carbocycles. The Hall–Kier alpha value is -1.61. The molecule has 0 spiro atoms. The summed E-state index contributed by atoms with van der Waals surface area (Å²) in [6, 6.07) is 12.1. The molecule has 0 bridgehead atoms. The predicted octanol–water partition coefficient (Wildman–Crippen LogP) is 3.56. The number of fused-ring (bicyclic) bond motifs is 3. The van der Waals surface area contributed by atoms with Crippen LogP contribution in [0, 0.1) is 0 Å². The second-order valence-electron chi connectivity index (χ2n) is 3.62. The number of rotatable bonds is 0. The maximum Gasteiger partial charge on any atom is 0.199 e. The van der Waals surface area contributed by atoms with Crippen molar-refractivity contribution in [3.8, 4) is 0 Å². The largest absolute Gasteiger partial charge is 0.286 e. The molecule has 0 aliphatic carbocycles. The molecule has 2 aromatic carbocycles. The Balaban J connectivity index is 2.33. The molecule has 1 heterocycles. The van der Waals surface area contributed by atoms with E-state index in [1.165, 1.54) is 11.8 Å². The summed E-state index contributed by atoms with van der Waals surface area (Å²) in [5.74, 6) is 0. The Labute approximate surface area is 97.4 Å². The van der Waals surface area contributed by atoms with Crippen molar-refractivity contribution in [1.82, 2.24) is 0 Å². The third-order valence-corrected chi connectivity index (χ3v) is 3.51. The number of thioether (sulfide) groups is 1. The normalized spacial score (nSPS) is 14.9. The van der Waals surface area contributed by atoms with Gasteiger partial charge in [0.15, 0.2) is 5.12 Å². The van der Waals surface area contributed by atoms with Crippen LogP contribution in [0.1, 0.15) is 6.42 Å². The van der Waals surface area contributed by atoms with Gasteiger partial charge in [-0.05, 0) is 23.2 Å². The molecule has 0 saturated heterocycles. The van der Waals surface area contributed by atoms with Gasteiger partial charge in [0.2, 0.25) is 0 Å². The topological polar surface area (TPSA) is 29.4 Å². The molecule has 0 unspecified atom stereocenters. The lowest BCUT2D eigenvalue weighted by Crippen LogP contribution is -1.88. The van der Waals surface area contributed by atoms with E-state index in [-0.39, 0.29) is 5.12 Å². The quantitative estimate of drug-likeness (QED) is 0.688. The van der Waals surface area contributed by atoms with Crippen LogP contribution in [-0.4, -0.2) is 11.3 Å². The van der Waals surface area contributed by atoms with Crippen molar-refractivity contribution < 1.29 is 4.79 Å². The highest BCUT2D eigenvalue weighted by Crippen LogP contribution is 2.38. The predicted molar refractivity (Wildman–Crippen MR) is 67.6 cm³/mol. The van der Waals surface area contributed by atoms with Crippen molar-refractivity contribution in [3.05, 3.63) is 36.4 Å². The van der Waals surface area contributed by atoms with E-state index in [0.29, 0.717) is 6.42 Å². The van der Waals surface area contributed by atoms with Gasteiger partial charge in [0.25, 0.3) is 0 Å². The summed E-state index contributed by atoms with van der Waals surface area (Å²) >= 11 is 1.28. The number of carbonyl (C=O) groups is 1. The van der Waals surface area contributed by atoms with Crippen molar-refractivity contribution >= 4 is 39.6 Å². The van der Waals surface area contributed by atoms with E-state index < -0.39 is 0 Å².